The van der Waals surface area contributed by atoms with Crippen LogP contribution in [0, 0.1) is 5.41 Å². The molecule has 0 aromatic rings. The molecule has 2 N–H and O–H groups in total. The molecule has 1 saturated carbocycles. The number of ether oxygens (including phenoxy) is 2. The first kappa shape index (κ1) is 20.2. The normalized spacial score (nSPS) is 17.4. The summed E-state index contributed by atoms with van der Waals surface area (Å²) >= 11 is 0. The molecule has 0 saturated heterocycles. The predicted octanol–water partition coefficient (Wildman–Crippen LogP) is 2.96. The van der Waals surface area contributed by atoms with Gasteiger partial charge in [-0.2, -0.15) is 0 Å². The van der Waals surface area contributed by atoms with Gasteiger partial charge in [0.25, 0.3) is 0 Å². The molecule has 0 unspecified atom stereocenters. The van der Waals surface area contributed by atoms with Crippen LogP contribution in [-0.4, -0.2) is 52.0 Å². The van der Waals surface area contributed by atoms with Gasteiger partial charge in [-0.1, -0.05) is 12.8 Å². The Balaban J connectivity index is 2.44. The Kier molecular flexibility index (Phi) is 11.1. The third-order valence-electron chi connectivity index (χ3n) is 4.52. The van der Waals surface area contributed by atoms with Crippen molar-refractivity contribution in [3.8, 4) is 0 Å². The molecular formula is C18H37N3O2. The smallest absolute Gasteiger partial charge is 0.191 e. The summed E-state index contributed by atoms with van der Waals surface area (Å²) in [6, 6.07) is 0. The number of guanidine groups is 1. The second kappa shape index (κ2) is 12.6. The maximum absolute atomic E-state index is 5.58. The van der Waals surface area contributed by atoms with Crippen molar-refractivity contribution < 1.29 is 9.47 Å². The van der Waals surface area contributed by atoms with Crippen molar-refractivity contribution in [2.24, 2.45) is 10.4 Å². The topological polar surface area (TPSA) is 54.9 Å². The predicted molar refractivity (Wildman–Crippen MR) is 97.1 cm³/mol. The molecule has 0 bridgehead atoms. The van der Waals surface area contributed by atoms with Gasteiger partial charge in [-0.25, -0.2) is 0 Å². The van der Waals surface area contributed by atoms with Crippen molar-refractivity contribution in [3.63, 3.8) is 0 Å². The number of rotatable bonds is 12. The molecule has 1 fully saturated rings. The summed E-state index contributed by atoms with van der Waals surface area (Å²) in [4.78, 5) is 4.86. The van der Waals surface area contributed by atoms with Crippen LogP contribution in [0.1, 0.15) is 59.3 Å². The van der Waals surface area contributed by atoms with E-state index < -0.39 is 0 Å². The van der Waals surface area contributed by atoms with Crippen molar-refractivity contribution in [1.82, 2.24) is 10.6 Å². The highest BCUT2D eigenvalue weighted by molar-refractivity contribution is 5.79. The molecule has 0 amide bonds. The molecule has 0 aromatic carbocycles. The molecule has 0 atom stereocenters. The first-order valence-electron chi connectivity index (χ1n) is 9.44. The highest BCUT2D eigenvalue weighted by Crippen LogP contribution is 2.41. The second-order valence-electron chi connectivity index (χ2n) is 6.33. The minimum atomic E-state index is 0.350. The average molecular weight is 328 g/mol. The number of nitrogens with zero attached hydrogens (tertiary/aromatic N) is 1. The maximum Gasteiger partial charge on any atom is 0.191 e. The molecular weight excluding hydrogens is 290 g/mol. The zero-order valence-electron chi connectivity index (χ0n) is 15.5. The van der Waals surface area contributed by atoms with Gasteiger partial charge in [0.2, 0.25) is 0 Å². The minimum absolute atomic E-state index is 0.350. The Morgan fingerprint density at radius 3 is 2.35 bits per heavy atom. The fourth-order valence-electron chi connectivity index (χ4n) is 3.16. The highest BCUT2D eigenvalue weighted by Gasteiger charge is 2.33. The van der Waals surface area contributed by atoms with Crippen LogP contribution in [0.5, 0.6) is 0 Å². The number of hydrogen-bond donors (Lipinski definition) is 2. The van der Waals surface area contributed by atoms with Crippen LogP contribution in [0.4, 0.5) is 0 Å². The third kappa shape index (κ3) is 8.56. The van der Waals surface area contributed by atoms with Gasteiger partial charge in [0.1, 0.15) is 0 Å². The number of hydrogen-bond acceptors (Lipinski definition) is 3. The van der Waals surface area contributed by atoms with E-state index >= 15 is 0 Å². The van der Waals surface area contributed by atoms with Crippen molar-refractivity contribution in [1.29, 1.82) is 0 Å². The van der Waals surface area contributed by atoms with E-state index in [1.165, 1.54) is 25.7 Å². The standard InChI is InChI=1S/C18H37N3O2/c1-4-19-17(20-13-9-14-22-5-2)21-16-18(10-7-8-11-18)12-15-23-6-3/h4-16H2,1-3H3,(H2,19,20,21). The first-order chi connectivity index (χ1) is 11.3. The molecule has 23 heavy (non-hydrogen) atoms. The molecule has 5 heteroatoms. The summed E-state index contributed by atoms with van der Waals surface area (Å²) < 4.78 is 11.0. The Labute approximate surface area is 142 Å². The first-order valence-corrected chi connectivity index (χ1v) is 9.44. The van der Waals surface area contributed by atoms with Gasteiger partial charge in [0, 0.05) is 46.1 Å². The van der Waals surface area contributed by atoms with E-state index in [4.69, 9.17) is 14.5 Å². The van der Waals surface area contributed by atoms with E-state index in [9.17, 15) is 0 Å². The lowest BCUT2D eigenvalue weighted by atomic mass is 9.83. The summed E-state index contributed by atoms with van der Waals surface area (Å²) in [7, 11) is 0. The van der Waals surface area contributed by atoms with Gasteiger partial charge in [-0.15, -0.1) is 0 Å². The van der Waals surface area contributed by atoms with Crippen LogP contribution in [0.25, 0.3) is 0 Å². The van der Waals surface area contributed by atoms with Crippen LogP contribution in [-0.2, 0) is 9.47 Å². The van der Waals surface area contributed by atoms with Gasteiger partial charge in [-0.05, 0) is 51.9 Å². The molecule has 0 spiro atoms. The summed E-state index contributed by atoms with van der Waals surface area (Å²) in [5, 5.41) is 6.76. The van der Waals surface area contributed by atoms with E-state index in [2.05, 4.69) is 24.5 Å². The average Bonchev–Trinajstić information content (AvgIpc) is 3.02. The monoisotopic (exact) mass is 327 g/mol. The van der Waals surface area contributed by atoms with Crippen molar-refractivity contribution in [2.75, 3.05) is 46.1 Å². The SMILES string of the molecule is CCNC(=NCC1(CCOCC)CCCC1)NCCCOCC. The zero-order chi connectivity index (χ0) is 16.8. The minimum Gasteiger partial charge on any atom is -0.382 e. The van der Waals surface area contributed by atoms with Crippen LogP contribution in [0.3, 0.4) is 0 Å². The lowest BCUT2D eigenvalue weighted by Gasteiger charge is -2.27. The lowest BCUT2D eigenvalue weighted by molar-refractivity contribution is 0.107. The molecule has 0 aromatic heterocycles. The van der Waals surface area contributed by atoms with Crippen LogP contribution in [0.2, 0.25) is 0 Å². The fraction of sp³-hybridized carbons (Fsp3) is 0.944. The van der Waals surface area contributed by atoms with Crippen molar-refractivity contribution in [2.45, 2.75) is 59.3 Å². The van der Waals surface area contributed by atoms with Crippen LogP contribution < -0.4 is 10.6 Å². The fourth-order valence-corrected chi connectivity index (χ4v) is 3.16. The van der Waals surface area contributed by atoms with Gasteiger partial charge in [0.15, 0.2) is 5.96 Å². The largest absolute Gasteiger partial charge is 0.382 e. The van der Waals surface area contributed by atoms with Gasteiger partial charge >= 0.3 is 0 Å². The summed E-state index contributed by atoms with van der Waals surface area (Å²) in [5.41, 5.74) is 0.350. The van der Waals surface area contributed by atoms with Crippen molar-refractivity contribution in [3.05, 3.63) is 0 Å². The molecule has 136 valence electrons. The molecule has 1 rings (SSSR count). The Bertz CT molecular complexity index is 315. The number of nitrogens with one attached hydrogen (secondary N) is 2. The summed E-state index contributed by atoms with van der Waals surface area (Å²) in [5.74, 6) is 0.937. The highest BCUT2D eigenvalue weighted by atomic mass is 16.5. The van der Waals surface area contributed by atoms with Gasteiger partial charge < -0.3 is 20.1 Å². The molecule has 1 aliphatic carbocycles. The molecule has 0 heterocycles. The summed E-state index contributed by atoms with van der Waals surface area (Å²) in [6.45, 7) is 12.2. The number of aliphatic imine (C=N–C) groups is 1. The molecule has 1 aliphatic rings. The molecule has 0 aliphatic heterocycles. The quantitative estimate of drug-likeness (QED) is 0.329. The summed E-state index contributed by atoms with van der Waals surface area (Å²) in [6.07, 6.45) is 7.38. The maximum atomic E-state index is 5.58. The van der Waals surface area contributed by atoms with E-state index in [-0.39, 0.29) is 0 Å². The Hall–Kier alpha value is -0.810. The third-order valence-corrected chi connectivity index (χ3v) is 4.52. The van der Waals surface area contributed by atoms with E-state index in [1.54, 1.807) is 0 Å². The molecule has 5 nitrogen and oxygen atoms in total. The van der Waals surface area contributed by atoms with Gasteiger partial charge in [-0.3, -0.25) is 4.99 Å². The van der Waals surface area contributed by atoms with E-state index in [1.807, 2.05) is 6.92 Å². The Morgan fingerprint density at radius 1 is 1.00 bits per heavy atom. The second-order valence-corrected chi connectivity index (χ2v) is 6.33. The van der Waals surface area contributed by atoms with Crippen LogP contribution >= 0.6 is 0 Å². The Morgan fingerprint density at radius 2 is 1.70 bits per heavy atom. The van der Waals surface area contributed by atoms with E-state index in [0.29, 0.717) is 5.41 Å². The van der Waals surface area contributed by atoms with E-state index in [0.717, 1.165) is 64.9 Å². The van der Waals surface area contributed by atoms with Crippen molar-refractivity contribution >= 4 is 5.96 Å². The van der Waals surface area contributed by atoms with Crippen LogP contribution in [0.15, 0.2) is 4.99 Å². The lowest BCUT2D eigenvalue weighted by Crippen LogP contribution is -2.39. The molecule has 0 radical (unpaired) electrons. The zero-order valence-corrected chi connectivity index (χ0v) is 15.5. The van der Waals surface area contributed by atoms with Gasteiger partial charge in [0.05, 0.1) is 0 Å².